The highest BCUT2D eigenvalue weighted by Gasteiger charge is 2.56. The highest BCUT2D eigenvalue weighted by Crippen LogP contribution is 2.43. The predicted molar refractivity (Wildman–Crippen MR) is 91.6 cm³/mol. The minimum absolute atomic E-state index is 0.0162. The molecule has 0 spiro atoms. The van der Waals surface area contributed by atoms with Gasteiger partial charge in [0.1, 0.15) is 5.54 Å². The van der Waals surface area contributed by atoms with E-state index in [1.165, 1.54) is 11.4 Å². The first kappa shape index (κ1) is 20.6. The normalized spacial score (nSPS) is 29.1. The number of carboxylic acids is 1. The highest BCUT2D eigenvalue weighted by atomic mass is 32.2. The van der Waals surface area contributed by atoms with Crippen LogP contribution in [0.4, 0.5) is 0 Å². The van der Waals surface area contributed by atoms with Gasteiger partial charge in [-0.2, -0.15) is 17.0 Å². The van der Waals surface area contributed by atoms with Crippen molar-refractivity contribution in [3.05, 3.63) is 0 Å². The fourth-order valence-corrected chi connectivity index (χ4v) is 5.26. The zero-order chi connectivity index (χ0) is 19.0. The first-order chi connectivity index (χ1) is 11.5. The van der Waals surface area contributed by atoms with Gasteiger partial charge in [0, 0.05) is 38.1 Å². The molecule has 2 atom stereocenters. The molecular formula is C13H27BN4O6S. The van der Waals surface area contributed by atoms with Gasteiger partial charge in [0.25, 0.3) is 10.2 Å². The van der Waals surface area contributed by atoms with Crippen LogP contribution in [0.3, 0.4) is 0 Å². The topological polar surface area (TPSA) is 170 Å². The second kappa shape index (κ2) is 7.10. The lowest BCUT2D eigenvalue weighted by Gasteiger charge is -2.30. The molecular weight excluding hydrogens is 351 g/mol. The van der Waals surface area contributed by atoms with Gasteiger partial charge < -0.3 is 26.6 Å². The molecule has 0 amide bonds. The molecule has 2 fully saturated rings. The third kappa shape index (κ3) is 3.84. The van der Waals surface area contributed by atoms with Crippen molar-refractivity contribution >= 4 is 23.3 Å². The molecule has 0 bridgehead atoms. The summed E-state index contributed by atoms with van der Waals surface area (Å²) in [7, 11) is -3.90. The van der Waals surface area contributed by atoms with Crippen LogP contribution in [-0.4, -0.2) is 83.0 Å². The summed E-state index contributed by atoms with van der Waals surface area (Å²) in [5.74, 6) is -1.87. The molecule has 10 nitrogen and oxygen atoms in total. The van der Waals surface area contributed by atoms with Crippen LogP contribution in [0.1, 0.15) is 25.7 Å². The number of nitrogens with zero attached hydrogens (tertiary/aromatic N) is 2. The molecule has 0 radical (unpaired) electrons. The molecule has 12 heteroatoms. The van der Waals surface area contributed by atoms with Crippen LogP contribution in [0.2, 0.25) is 6.32 Å². The first-order valence-electron chi connectivity index (χ1n) is 8.32. The summed E-state index contributed by atoms with van der Waals surface area (Å²) in [6, 6.07) is 0. The molecule has 1 saturated heterocycles. The van der Waals surface area contributed by atoms with Crippen LogP contribution < -0.4 is 11.5 Å². The smallest absolute Gasteiger partial charge is 0.451 e. The fourth-order valence-electron chi connectivity index (χ4n) is 3.42. The van der Waals surface area contributed by atoms with Crippen LogP contribution >= 0.6 is 0 Å². The number of rotatable bonds is 9. The Bertz CT molecular complexity index is 614. The molecule has 1 aliphatic heterocycles. The van der Waals surface area contributed by atoms with E-state index in [0.29, 0.717) is 19.3 Å². The standard InChI is InChI=1S/C13H27BN4O6S/c1-17(12(8-15)4-5-12)25(23,24)18-7-10(3-2-6-14(21)22)13(16,9-18)11(19)20/h10,21-22H,2-9,15-16H2,1H3,(H,19,20)/t10-,13-/m0/s1. The maximum Gasteiger partial charge on any atom is 0.451 e. The van der Waals surface area contributed by atoms with E-state index in [1.807, 2.05) is 0 Å². The largest absolute Gasteiger partial charge is 0.480 e. The zero-order valence-electron chi connectivity index (χ0n) is 14.3. The molecule has 0 unspecified atom stereocenters. The Morgan fingerprint density at radius 1 is 1.40 bits per heavy atom. The Labute approximate surface area is 148 Å². The van der Waals surface area contributed by atoms with E-state index in [0.717, 1.165) is 4.31 Å². The number of aliphatic carboxylic acids is 1. The van der Waals surface area contributed by atoms with Crippen LogP contribution in [0, 0.1) is 5.92 Å². The summed E-state index contributed by atoms with van der Waals surface area (Å²) >= 11 is 0. The van der Waals surface area contributed by atoms with Gasteiger partial charge in [-0.3, -0.25) is 4.79 Å². The molecule has 25 heavy (non-hydrogen) atoms. The van der Waals surface area contributed by atoms with Crippen LogP contribution in [0.25, 0.3) is 0 Å². The lowest BCUT2D eigenvalue weighted by atomic mass is 9.78. The van der Waals surface area contributed by atoms with E-state index >= 15 is 0 Å². The zero-order valence-corrected chi connectivity index (χ0v) is 15.2. The lowest BCUT2D eigenvalue weighted by molar-refractivity contribution is -0.144. The first-order valence-corrected chi connectivity index (χ1v) is 9.72. The van der Waals surface area contributed by atoms with Crippen LogP contribution in [0.5, 0.6) is 0 Å². The molecule has 2 aliphatic rings. The Hall–Kier alpha value is -0.755. The van der Waals surface area contributed by atoms with Gasteiger partial charge in [-0.15, -0.1) is 0 Å². The molecule has 1 aliphatic carbocycles. The van der Waals surface area contributed by atoms with Gasteiger partial charge in [0.2, 0.25) is 0 Å². The quantitative estimate of drug-likeness (QED) is 0.277. The summed E-state index contributed by atoms with van der Waals surface area (Å²) in [4.78, 5) is 11.7. The van der Waals surface area contributed by atoms with E-state index in [9.17, 15) is 18.3 Å². The maximum atomic E-state index is 12.9. The Morgan fingerprint density at radius 3 is 2.44 bits per heavy atom. The fraction of sp³-hybridized carbons (Fsp3) is 0.923. The number of carbonyl (C=O) groups is 1. The molecule has 0 aromatic heterocycles. The minimum atomic E-state index is -3.88. The van der Waals surface area contributed by atoms with Crippen molar-refractivity contribution in [2.75, 3.05) is 26.7 Å². The number of carboxylic acid groups (broad SMARTS) is 1. The van der Waals surface area contributed by atoms with E-state index in [1.54, 1.807) is 0 Å². The molecule has 0 aromatic carbocycles. The number of nitrogens with two attached hydrogens (primary N) is 2. The van der Waals surface area contributed by atoms with E-state index in [-0.39, 0.29) is 32.4 Å². The summed E-state index contributed by atoms with van der Waals surface area (Å²) in [5, 5.41) is 27.4. The van der Waals surface area contributed by atoms with Gasteiger partial charge in [-0.25, -0.2) is 0 Å². The molecule has 0 aromatic rings. The molecule has 144 valence electrons. The van der Waals surface area contributed by atoms with Crippen LogP contribution in [-0.2, 0) is 15.0 Å². The van der Waals surface area contributed by atoms with E-state index in [4.69, 9.17) is 21.5 Å². The average Bonchev–Trinajstić information content (AvgIpc) is 3.25. The van der Waals surface area contributed by atoms with Gasteiger partial charge in [0.15, 0.2) is 0 Å². The van der Waals surface area contributed by atoms with E-state index < -0.39 is 40.3 Å². The lowest BCUT2D eigenvalue weighted by Crippen LogP contribution is -2.56. The Kier molecular flexibility index (Phi) is 5.84. The van der Waals surface area contributed by atoms with Gasteiger partial charge in [-0.1, -0.05) is 6.42 Å². The SMILES string of the molecule is CN(C1(CN)CC1)S(=O)(=O)N1C[C@H](CCCB(O)O)[C@](N)(C(=O)O)C1. The van der Waals surface area contributed by atoms with Crippen molar-refractivity contribution < 1.29 is 28.4 Å². The number of hydrogen-bond donors (Lipinski definition) is 5. The summed E-state index contributed by atoms with van der Waals surface area (Å²) < 4.78 is 28.1. The molecule has 2 rings (SSSR count). The number of hydrogen-bond acceptors (Lipinski definition) is 7. The van der Waals surface area contributed by atoms with Crippen molar-refractivity contribution in [3.8, 4) is 0 Å². The second-order valence-electron chi connectivity index (χ2n) is 7.15. The van der Waals surface area contributed by atoms with Crippen molar-refractivity contribution in [2.24, 2.45) is 17.4 Å². The van der Waals surface area contributed by atoms with Crippen molar-refractivity contribution in [1.29, 1.82) is 0 Å². The summed E-state index contributed by atoms with van der Waals surface area (Å²) in [6.07, 6.45) is 2.06. The molecule has 1 saturated carbocycles. The van der Waals surface area contributed by atoms with Crippen molar-refractivity contribution in [1.82, 2.24) is 8.61 Å². The molecule has 1 heterocycles. The summed E-state index contributed by atoms with van der Waals surface area (Å²) in [5.41, 5.74) is 9.45. The van der Waals surface area contributed by atoms with Gasteiger partial charge >= 0.3 is 13.1 Å². The molecule has 7 N–H and O–H groups in total. The van der Waals surface area contributed by atoms with Crippen molar-refractivity contribution in [2.45, 2.75) is 43.1 Å². The van der Waals surface area contributed by atoms with Gasteiger partial charge in [0.05, 0.1) is 0 Å². The maximum absolute atomic E-state index is 12.9. The third-order valence-corrected chi connectivity index (χ3v) is 7.56. The highest BCUT2D eigenvalue weighted by molar-refractivity contribution is 7.86. The van der Waals surface area contributed by atoms with Crippen LogP contribution in [0.15, 0.2) is 0 Å². The second-order valence-corrected chi connectivity index (χ2v) is 9.11. The van der Waals surface area contributed by atoms with E-state index in [2.05, 4.69) is 0 Å². The monoisotopic (exact) mass is 378 g/mol. The van der Waals surface area contributed by atoms with Crippen molar-refractivity contribution in [3.63, 3.8) is 0 Å². The van der Waals surface area contributed by atoms with Gasteiger partial charge in [-0.05, 0) is 25.6 Å². The summed E-state index contributed by atoms with van der Waals surface area (Å²) in [6.45, 7) is -0.124. The third-order valence-electron chi connectivity index (χ3n) is 5.55. The number of likely N-dealkylation sites (N-methyl/N-ethyl adjacent to an activating group) is 1. The predicted octanol–water partition coefficient (Wildman–Crippen LogP) is -2.38. The Balaban J connectivity index is 2.16. The Morgan fingerprint density at radius 2 is 2.00 bits per heavy atom. The minimum Gasteiger partial charge on any atom is -0.480 e. The average molecular weight is 378 g/mol.